The van der Waals surface area contributed by atoms with Gasteiger partial charge in [0.25, 0.3) is 0 Å². The van der Waals surface area contributed by atoms with E-state index < -0.39 is 0 Å². The fourth-order valence-corrected chi connectivity index (χ4v) is 2.87. The highest BCUT2D eigenvalue weighted by Crippen LogP contribution is 2.27. The molecule has 0 saturated heterocycles. The van der Waals surface area contributed by atoms with Crippen LogP contribution in [0.2, 0.25) is 0 Å². The number of nitrogens with zero attached hydrogens (tertiary/aromatic N) is 1. The standard InChI is InChI=1S/C16H20N2O2S/c1-4-12-7-5-6-11(2)15(12)18-16-17-13(10-21-16)8-9-14(19)20-3/h5-7,10H,4,8-9H2,1-3H3,(H,17,18). The third-order valence-corrected chi connectivity index (χ3v) is 4.14. The van der Waals surface area contributed by atoms with Gasteiger partial charge in [-0.15, -0.1) is 11.3 Å². The maximum Gasteiger partial charge on any atom is 0.305 e. The molecule has 112 valence electrons. The third-order valence-electron chi connectivity index (χ3n) is 3.34. The summed E-state index contributed by atoms with van der Waals surface area (Å²) in [4.78, 5) is 15.7. The Kier molecular flexibility index (Phi) is 5.33. The van der Waals surface area contributed by atoms with Gasteiger partial charge in [0, 0.05) is 17.5 Å². The molecule has 0 aliphatic carbocycles. The Morgan fingerprint density at radius 1 is 1.43 bits per heavy atom. The van der Waals surface area contributed by atoms with Gasteiger partial charge in [0.15, 0.2) is 5.13 Å². The van der Waals surface area contributed by atoms with Gasteiger partial charge in [-0.2, -0.15) is 0 Å². The predicted octanol–water partition coefficient (Wildman–Crippen LogP) is 3.86. The average molecular weight is 304 g/mol. The second-order valence-electron chi connectivity index (χ2n) is 4.81. The predicted molar refractivity (Wildman–Crippen MR) is 86.3 cm³/mol. The highest BCUT2D eigenvalue weighted by atomic mass is 32.1. The number of aryl methyl sites for hydroxylation is 3. The summed E-state index contributed by atoms with van der Waals surface area (Å²) in [6.07, 6.45) is 1.95. The zero-order valence-corrected chi connectivity index (χ0v) is 13.4. The quantitative estimate of drug-likeness (QED) is 0.823. The molecule has 0 amide bonds. The number of hydrogen-bond donors (Lipinski definition) is 1. The summed E-state index contributed by atoms with van der Waals surface area (Å²) >= 11 is 1.56. The summed E-state index contributed by atoms with van der Waals surface area (Å²) in [6.45, 7) is 4.23. The van der Waals surface area contributed by atoms with Crippen molar-refractivity contribution in [2.24, 2.45) is 0 Å². The maximum atomic E-state index is 11.1. The van der Waals surface area contributed by atoms with Crippen molar-refractivity contribution in [3.05, 3.63) is 40.4 Å². The minimum absolute atomic E-state index is 0.204. The summed E-state index contributed by atoms with van der Waals surface area (Å²) in [5.41, 5.74) is 4.54. The van der Waals surface area contributed by atoms with Crippen molar-refractivity contribution < 1.29 is 9.53 Å². The van der Waals surface area contributed by atoms with Crippen molar-refractivity contribution >= 4 is 28.1 Å². The number of aromatic nitrogens is 1. The number of para-hydroxylation sites is 1. The maximum absolute atomic E-state index is 11.1. The number of hydrogen-bond acceptors (Lipinski definition) is 5. The lowest BCUT2D eigenvalue weighted by atomic mass is 10.1. The van der Waals surface area contributed by atoms with E-state index in [9.17, 15) is 4.79 Å². The van der Waals surface area contributed by atoms with Crippen LogP contribution in [-0.2, 0) is 22.4 Å². The van der Waals surface area contributed by atoms with Gasteiger partial charge in [-0.05, 0) is 24.5 Å². The summed E-state index contributed by atoms with van der Waals surface area (Å²) in [6, 6.07) is 6.29. The second kappa shape index (κ2) is 7.22. The monoisotopic (exact) mass is 304 g/mol. The molecular weight excluding hydrogens is 284 g/mol. The molecule has 2 rings (SSSR count). The number of rotatable bonds is 6. The van der Waals surface area contributed by atoms with Crippen LogP contribution in [-0.4, -0.2) is 18.1 Å². The summed E-state index contributed by atoms with van der Waals surface area (Å²) in [7, 11) is 1.40. The summed E-state index contributed by atoms with van der Waals surface area (Å²) in [5.74, 6) is -0.204. The molecule has 4 nitrogen and oxygen atoms in total. The molecule has 0 radical (unpaired) electrons. The van der Waals surface area contributed by atoms with Gasteiger partial charge in [0.1, 0.15) is 0 Å². The molecule has 0 atom stereocenters. The van der Waals surface area contributed by atoms with Crippen LogP contribution in [0.5, 0.6) is 0 Å². The molecule has 1 N–H and O–H groups in total. The Hall–Kier alpha value is -1.88. The highest BCUT2D eigenvalue weighted by molar-refractivity contribution is 7.13. The van der Waals surface area contributed by atoms with Gasteiger partial charge in [0.05, 0.1) is 19.2 Å². The van der Waals surface area contributed by atoms with Crippen molar-refractivity contribution in [1.82, 2.24) is 4.98 Å². The Morgan fingerprint density at radius 2 is 2.24 bits per heavy atom. The van der Waals surface area contributed by atoms with Crippen LogP contribution >= 0.6 is 11.3 Å². The minimum Gasteiger partial charge on any atom is -0.469 e. The average Bonchev–Trinajstić information content (AvgIpc) is 2.94. The zero-order valence-electron chi connectivity index (χ0n) is 12.6. The van der Waals surface area contributed by atoms with E-state index in [1.807, 2.05) is 5.38 Å². The topological polar surface area (TPSA) is 51.2 Å². The van der Waals surface area contributed by atoms with Gasteiger partial charge in [-0.25, -0.2) is 4.98 Å². The SMILES string of the molecule is CCc1cccc(C)c1Nc1nc(CCC(=O)OC)cs1. The first-order chi connectivity index (χ1) is 10.1. The first-order valence-electron chi connectivity index (χ1n) is 7.00. The van der Waals surface area contributed by atoms with Crippen LogP contribution in [0.4, 0.5) is 10.8 Å². The van der Waals surface area contributed by atoms with Gasteiger partial charge >= 0.3 is 5.97 Å². The van der Waals surface area contributed by atoms with E-state index >= 15 is 0 Å². The van der Waals surface area contributed by atoms with Crippen molar-refractivity contribution in [3.63, 3.8) is 0 Å². The van der Waals surface area contributed by atoms with E-state index in [-0.39, 0.29) is 5.97 Å². The second-order valence-corrected chi connectivity index (χ2v) is 5.67. The van der Waals surface area contributed by atoms with Crippen LogP contribution < -0.4 is 5.32 Å². The number of thiazole rings is 1. The van der Waals surface area contributed by atoms with E-state index in [0.29, 0.717) is 12.8 Å². The van der Waals surface area contributed by atoms with E-state index in [2.05, 4.69) is 47.1 Å². The van der Waals surface area contributed by atoms with Gasteiger partial charge in [0.2, 0.25) is 0 Å². The molecule has 2 aromatic rings. The molecule has 0 unspecified atom stereocenters. The van der Waals surface area contributed by atoms with Crippen LogP contribution in [0.15, 0.2) is 23.6 Å². The van der Waals surface area contributed by atoms with E-state index in [1.165, 1.54) is 18.2 Å². The molecule has 0 aliphatic rings. The van der Waals surface area contributed by atoms with Crippen molar-refractivity contribution in [2.45, 2.75) is 33.1 Å². The number of esters is 1. The molecule has 0 spiro atoms. The van der Waals surface area contributed by atoms with Crippen molar-refractivity contribution in [2.75, 3.05) is 12.4 Å². The zero-order chi connectivity index (χ0) is 15.2. The fraction of sp³-hybridized carbons (Fsp3) is 0.375. The lowest BCUT2D eigenvalue weighted by molar-refractivity contribution is -0.140. The number of anilines is 2. The molecule has 1 aromatic heterocycles. The number of benzene rings is 1. The first kappa shape index (κ1) is 15.5. The molecule has 0 saturated carbocycles. The van der Waals surface area contributed by atoms with Crippen LogP contribution in [0, 0.1) is 6.92 Å². The number of carbonyl (C=O) groups excluding carboxylic acids is 1. The molecule has 1 heterocycles. The Labute approximate surface area is 129 Å². The lowest BCUT2D eigenvalue weighted by Gasteiger charge is -2.11. The summed E-state index contributed by atoms with van der Waals surface area (Å²) in [5, 5.41) is 6.25. The first-order valence-corrected chi connectivity index (χ1v) is 7.88. The van der Waals surface area contributed by atoms with E-state index in [1.54, 1.807) is 11.3 Å². The molecule has 0 aliphatic heterocycles. The molecule has 5 heteroatoms. The fourth-order valence-electron chi connectivity index (χ4n) is 2.12. The normalized spacial score (nSPS) is 10.4. The third kappa shape index (κ3) is 4.04. The van der Waals surface area contributed by atoms with Crippen molar-refractivity contribution in [1.29, 1.82) is 0 Å². The number of nitrogens with one attached hydrogen (secondary N) is 1. The van der Waals surface area contributed by atoms with Gasteiger partial charge in [-0.3, -0.25) is 4.79 Å². The van der Waals surface area contributed by atoms with Gasteiger partial charge in [-0.1, -0.05) is 25.1 Å². The molecule has 21 heavy (non-hydrogen) atoms. The van der Waals surface area contributed by atoms with Crippen molar-refractivity contribution in [3.8, 4) is 0 Å². The number of methoxy groups -OCH3 is 1. The lowest BCUT2D eigenvalue weighted by Crippen LogP contribution is -2.02. The number of ether oxygens (including phenoxy) is 1. The molecule has 0 bridgehead atoms. The van der Waals surface area contributed by atoms with E-state index in [0.717, 1.165) is 22.9 Å². The summed E-state index contributed by atoms with van der Waals surface area (Å²) < 4.78 is 4.64. The minimum atomic E-state index is -0.204. The Morgan fingerprint density at radius 3 is 2.95 bits per heavy atom. The highest BCUT2D eigenvalue weighted by Gasteiger charge is 2.09. The molecule has 0 fully saturated rings. The van der Waals surface area contributed by atoms with Crippen LogP contribution in [0.25, 0.3) is 0 Å². The smallest absolute Gasteiger partial charge is 0.305 e. The molecular formula is C16H20N2O2S. The Bertz CT molecular complexity index is 622. The molecule has 1 aromatic carbocycles. The van der Waals surface area contributed by atoms with Crippen LogP contribution in [0.1, 0.15) is 30.2 Å². The van der Waals surface area contributed by atoms with Crippen LogP contribution in [0.3, 0.4) is 0 Å². The van der Waals surface area contributed by atoms with E-state index in [4.69, 9.17) is 0 Å². The Balaban J connectivity index is 2.07. The largest absolute Gasteiger partial charge is 0.469 e. The van der Waals surface area contributed by atoms with Gasteiger partial charge < -0.3 is 10.1 Å². The number of carbonyl (C=O) groups is 1.